The summed E-state index contributed by atoms with van der Waals surface area (Å²) in [4.78, 5) is 24.4. The molecule has 0 aliphatic carbocycles. The van der Waals surface area contributed by atoms with E-state index in [9.17, 15) is 4.79 Å². The van der Waals surface area contributed by atoms with Crippen molar-refractivity contribution in [2.24, 2.45) is 0 Å². The number of benzene rings is 2. The van der Waals surface area contributed by atoms with Crippen molar-refractivity contribution in [2.45, 2.75) is 0 Å². The molecule has 1 aliphatic heterocycles. The maximum atomic E-state index is 11.0. The molecule has 1 saturated heterocycles. The van der Waals surface area contributed by atoms with Crippen LogP contribution in [0.5, 0.6) is 0 Å². The molecular weight excluding hydrogens is 364 g/mol. The average molecular weight is 384 g/mol. The first-order valence-electron chi connectivity index (χ1n) is 9.41. The quantitative estimate of drug-likeness (QED) is 0.681. The molecular formula is C22H20N6O. The van der Waals surface area contributed by atoms with E-state index in [-0.39, 0.29) is 0 Å². The van der Waals surface area contributed by atoms with E-state index < -0.39 is 0 Å². The molecule has 29 heavy (non-hydrogen) atoms. The molecule has 0 radical (unpaired) electrons. The second-order valence-electron chi connectivity index (χ2n) is 6.74. The Morgan fingerprint density at radius 1 is 0.966 bits per heavy atom. The Hall–Kier alpha value is -3.92. The molecule has 2 aromatic carbocycles. The van der Waals surface area contributed by atoms with Gasteiger partial charge in [0.25, 0.3) is 0 Å². The average Bonchev–Trinajstić information content (AvgIpc) is 2.80. The Bertz CT molecular complexity index is 1020. The number of aromatic nitrogens is 2. The van der Waals surface area contributed by atoms with Gasteiger partial charge in [0.2, 0.25) is 6.41 Å². The van der Waals surface area contributed by atoms with E-state index in [1.54, 1.807) is 17.0 Å². The summed E-state index contributed by atoms with van der Waals surface area (Å²) in [5.41, 5.74) is 2.39. The van der Waals surface area contributed by atoms with Crippen LogP contribution in [0.25, 0.3) is 11.4 Å². The van der Waals surface area contributed by atoms with Gasteiger partial charge < -0.3 is 15.1 Å². The van der Waals surface area contributed by atoms with Crippen LogP contribution in [0.3, 0.4) is 0 Å². The van der Waals surface area contributed by atoms with Crippen molar-refractivity contribution < 1.29 is 4.79 Å². The minimum Gasteiger partial charge on any atom is -0.353 e. The minimum absolute atomic E-state index is 0.608. The van der Waals surface area contributed by atoms with Crippen molar-refractivity contribution in [3.8, 4) is 17.5 Å². The Labute approximate surface area is 169 Å². The summed E-state index contributed by atoms with van der Waals surface area (Å²) in [5.74, 6) is 2.13. The third-order valence-electron chi connectivity index (χ3n) is 4.82. The summed E-state index contributed by atoms with van der Waals surface area (Å²) in [6.45, 7) is 2.79. The molecule has 0 atom stereocenters. The van der Waals surface area contributed by atoms with E-state index in [1.165, 1.54) is 0 Å². The van der Waals surface area contributed by atoms with E-state index in [1.807, 2.05) is 48.5 Å². The van der Waals surface area contributed by atoms with Crippen molar-refractivity contribution in [3.63, 3.8) is 0 Å². The largest absolute Gasteiger partial charge is 0.353 e. The molecule has 7 heteroatoms. The van der Waals surface area contributed by atoms with E-state index in [4.69, 9.17) is 10.2 Å². The number of nitrogens with zero attached hydrogens (tertiary/aromatic N) is 5. The highest BCUT2D eigenvalue weighted by Crippen LogP contribution is 2.25. The highest BCUT2D eigenvalue weighted by molar-refractivity contribution is 5.66. The third kappa shape index (κ3) is 4.33. The van der Waals surface area contributed by atoms with Gasteiger partial charge in [-0.25, -0.2) is 9.97 Å². The van der Waals surface area contributed by atoms with Crippen molar-refractivity contribution in [2.75, 3.05) is 36.4 Å². The second-order valence-corrected chi connectivity index (χ2v) is 6.74. The van der Waals surface area contributed by atoms with Gasteiger partial charge in [-0.1, -0.05) is 30.3 Å². The number of rotatable bonds is 5. The zero-order valence-electron chi connectivity index (χ0n) is 15.8. The summed E-state index contributed by atoms with van der Waals surface area (Å²) < 4.78 is 0. The van der Waals surface area contributed by atoms with E-state index >= 15 is 0 Å². The number of carbonyl (C=O) groups excluding carboxylic acids is 1. The fourth-order valence-corrected chi connectivity index (χ4v) is 3.21. The van der Waals surface area contributed by atoms with Crippen LogP contribution in [0.2, 0.25) is 0 Å². The first-order chi connectivity index (χ1) is 14.2. The Balaban J connectivity index is 1.66. The molecule has 4 rings (SSSR count). The Morgan fingerprint density at radius 3 is 2.34 bits per heavy atom. The number of hydrogen-bond acceptors (Lipinski definition) is 6. The first kappa shape index (κ1) is 18.4. The highest BCUT2D eigenvalue weighted by Gasteiger charge is 2.19. The van der Waals surface area contributed by atoms with Gasteiger partial charge in [-0.2, -0.15) is 5.26 Å². The van der Waals surface area contributed by atoms with Crippen molar-refractivity contribution in [3.05, 3.63) is 66.2 Å². The van der Waals surface area contributed by atoms with Crippen LogP contribution in [0, 0.1) is 11.3 Å². The predicted octanol–water partition coefficient (Wildman–Crippen LogP) is 3.04. The lowest BCUT2D eigenvalue weighted by atomic mass is 10.2. The summed E-state index contributed by atoms with van der Waals surface area (Å²) in [7, 11) is 0. The van der Waals surface area contributed by atoms with Gasteiger partial charge in [0.1, 0.15) is 11.6 Å². The maximum Gasteiger partial charge on any atom is 0.209 e. The minimum atomic E-state index is 0.608. The van der Waals surface area contributed by atoms with Crippen LogP contribution in [-0.4, -0.2) is 47.5 Å². The standard InChI is InChI=1S/C22H20N6O/c23-15-17-6-8-19(9-7-17)24-20-14-21(28-12-10-27(16-29)11-13-28)26-22(25-20)18-4-2-1-3-5-18/h1-9,14,16H,10-13H2,(H,24,25,26). The summed E-state index contributed by atoms with van der Waals surface area (Å²) in [5, 5.41) is 12.3. The van der Waals surface area contributed by atoms with E-state index in [2.05, 4.69) is 21.3 Å². The normalized spacial score (nSPS) is 13.6. The molecule has 1 fully saturated rings. The van der Waals surface area contributed by atoms with Gasteiger partial charge in [-0.05, 0) is 24.3 Å². The number of hydrogen-bond donors (Lipinski definition) is 1. The second kappa shape index (κ2) is 8.40. The van der Waals surface area contributed by atoms with Crippen LogP contribution in [0.4, 0.5) is 17.3 Å². The first-order valence-corrected chi connectivity index (χ1v) is 9.41. The van der Waals surface area contributed by atoms with Gasteiger partial charge in [0, 0.05) is 43.5 Å². The zero-order valence-corrected chi connectivity index (χ0v) is 15.8. The van der Waals surface area contributed by atoms with Crippen LogP contribution in [0.15, 0.2) is 60.7 Å². The van der Waals surface area contributed by atoms with Crippen LogP contribution in [0.1, 0.15) is 5.56 Å². The lowest BCUT2D eigenvalue weighted by Gasteiger charge is -2.33. The van der Waals surface area contributed by atoms with Gasteiger partial charge in [0.05, 0.1) is 11.6 Å². The Morgan fingerprint density at radius 2 is 1.69 bits per heavy atom. The summed E-state index contributed by atoms with van der Waals surface area (Å²) >= 11 is 0. The molecule has 0 spiro atoms. The molecule has 1 N–H and O–H groups in total. The number of amides is 1. The van der Waals surface area contributed by atoms with Crippen LogP contribution < -0.4 is 10.2 Å². The van der Waals surface area contributed by atoms with Crippen LogP contribution >= 0.6 is 0 Å². The van der Waals surface area contributed by atoms with E-state index in [0.29, 0.717) is 30.3 Å². The number of nitrogens with one attached hydrogen (secondary N) is 1. The SMILES string of the molecule is N#Cc1ccc(Nc2cc(N3CCN(C=O)CC3)nc(-c3ccccc3)n2)cc1. The molecule has 1 amide bonds. The van der Waals surface area contributed by atoms with Gasteiger partial charge in [0.15, 0.2) is 5.82 Å². The maximum absolute atomic E-state index is 11.0. The zero-order chi connectivity index (χ0) is 20.1. The van der Waals surface area contributed by atoms with Gasteiger partial charge in [-0.3, -0.25) is 4.79 Å². The molecule has 7 nitrogen and oxygen atoms in total. The number of nitriles is 1. The lowest BCUT2D eigenvalue weighted by molar-refractivity contribution is -0.118. The molecule has 2 heterocycles. The molecule has 3 aromatic rings. The van der Waals surface area contributed by atoms with Crippen LogP contribution in [-0.2, 0) is 4.79 Å². The van der Waals surface area contributed by atoms with Crippen molar-refractivity contribution >= 4 is 23.7 Å². The fraction of sp³-hybridized carbons (Fsp3) is 0.182. The summed E-state index contributed by atoms with van der Waals surface area (Å²) in [6, 6.07) is 21.1. The number of piperazine rings is 1. The smallest absolute Gasteiger partial charge is 0.209 e. The third-order valence-corrected chi connectivity index (χ3v) is 4.82. The molecule has 0 unspecified atom stereocenters. The number of anilines is 3. The monoisotopic (exact) mass is 384 g/mol. The number of carbonyl (C=O) groups is 1. The highest BCUT2D eigenvalue weighted by atomic mass is 16.1. The van der Waals surface area contributed by atoms with Crippen molar-refractivity contribution in [1.29, 1.82) is 5.26 Å². The van der Waals surface area contributed by atoms with Gasteiger partial charge in [-0.15, -0.1) is 0 Å². The van der Waals surface area contributed by atoms with E-state index in [0.717, 1.165) is 36.6 Å². The topological polar surface area (TPSA) is 85.2 Å². The van der Waals surface area contributed by atoms with Crippen molar-refractivity contribution in [1.82, 2.24) is 14.9 Å². The lowest BCUT2D eigenvalue weighted by Crippen LogP contribution is -2.46. The Kier molecular flexibility index (Phi) is 5.34. The molecule has 0 bridgehead atoms. The molecule has 1 aliphatic rings. The fourth-order valence-electron chi connectivity index (χ4n) is 3.21. The molecule has 1 aromatic heterocycles. The van der Waals surface area contributed by atoms with Gasteiger partial charge >= 0.3 is 0 Å². The predicted molar refractivity (Wildman–Crippen MR) is 112 cm³/mol. The molecule has 144 valence electrons. The summed E-state index contributed by atoms with van der Waals surface area (Å²) in [6.07, 6.45) is 0.893. The molecule has 0 saturated carbocycles.